The number of aromatic nitrogens is 2. The normalized spacial score (nSPS) is 21.2. The molecule has 1 saturated heterocycles. The van der Waals surface area contributed by atoms with Crippen LogP contribution in [0.2, 0.25) is 0 Å². The van der Waals surface area contributed by atoms with E-state index < -0.39 is 0 Å². The highest BCUT2D eigenvalue weighted by molar-refractivity contribution is 5.84. The van der Waals surface area contributed by atoms with Gasteiger partial charge in [0.2, 0.25) is 0 Å². The first-order valence-corrected chi connectivity index (χ1v) is 5.48. The van der Waals surface area contributed by atoms with Crippen LogP contribution in [0.25, 0.3) is 0 Å². The van der Waals surface area contributed by atoms with Gasteiger partial charge in [-0.05, 0) is 13.8 Å². The molecule has 1 aromatic heterocycles. The maximum Gasteiger partial charge on any atom is 0.155 e. The molecule has 0 aliphatic carbocycles. The Balaban J connectivity index is 2.41. The summed E-state index contributed by atoms with van der Waals surface area (Å²) in [5.74, 6) is 0.906. The number of nitrogens with zero attached hydrogens (tertiary/aromatic N) is 3. The number of hydrogen-bond acceptors (Lipinski definition) is 4. The Hall–Kier alpha value is -1.36. The molecule has 0 saturated carbocycles. The standard InChI is InChI=1S/C11H17N3O2/c1-8-7-16-5-4-14(8)11-10(6-15)9(2)12-13(11)3/h6,8H,4-5,7H2,1-3H3. The number of rotatable bonds is 2. The fraction of sp³-hybridized carbons (Fsp3) is 0.636. The lowest BCUT2D eigenvalue weighted by atomic mass is 10.2. The van der Waals surface area contributed by atoms with E-state index in [9.17, 15) is 4.79 Å². The molecule has 0 amide bonds. The van der Waals surface area contributed by atoms with Crippen LogP contribution in [0.3, 0.4) is 0 Å². The van der Waals surface area contributed by atoms with Gasteiger partial charge in [-0.3, -0.25) is 9.48 Å². The summed E-state index contributed by atoms with van der Waals surface area (Å²) in [5.41, 5.74) is 1.47. The summed E-state index contributed by atoms with van der Waals surface area (Å²) in [6, 6.07) is 0.280. The van der Waals surface area contributed by atoms with Gasteiger partial charge in [0, 0.05) is 13.6 Å². The highest BCUT2D eigenvalue weighted by atomic mass is 16.5. The Bertz CT molecular complexity index is 400. The topological polar surface area (TPSA) is 47.4 Å². The van der Waals surface area contributed by atoms with Crippen LogP contribution in [-0.4, -0.2) is 41.9 Å². The molecule has 1 aliphatic heterocycles. The second-order valence-corrected chi connectivity index (χ2v) is 4.18. The van der Waals surface area contributed by atoms with E-state index in [0.29, 0.717) is 18.8 Å². The Morgan fingerprint density at radius 2 is 2.31 bits per heavy atom. The number of ether oxygens (including phenoxy) is 1. The molecule has 5 heteroatoms. The van der Waals surface area contributed by atoms with E-state index in [1.54, 1.807) is 4.68 Å². The van der Waals surface area contributed by atoms with Crippen LogP contribution in [0.15, 0.2) is 0 Å². The SMILES string of the molecule is Cc1nn(C)c(N2CCOCC2C)c1C=O. The minimum Gasteiger partial charge on any atom is -0.377 e. The minimum absolute atomic E-state index is 0.280. The van der Waals surface area contributed by atoms with Crippen molar-refractivity contribution in [1.82, 2.24) is 9.78 Å². The molecule has 2 heterocycles. The molecule has 88 valence electrons. The lowest BCUT2D eigenvalue weighted by molar-refractivity contribution is 0.0977. The molecule has 0 aromatic carbocycles. The molecule has 0 N–H and O–H groups in total. The number of hydrogen-bond donors (Lipinski definition) is 0. The first kappa shape index (κ1) is 11.1. The van der Waals surface area contributed by atoms with E-state index in [4.69, 9.17) is 4.74 Å². The summed E-state index contributed by atoms with van der Waals surface area (Å²) < 4.78 is 7.17. The van der Waals surface area contributed by atoms with Crippen molar-refractivity contribution >= 4 is 12.1 Å². The van der Waals surface area contributed by atoms with Gasteiger partial charge in [0.15, 0.2) is 6.29 Å². The number of carbonyl (C=O) groups excluding carboxylic acids is 1. The second-order valence-electron chi connectivity index (χ2n) is 4.18. The van der Waals surface area contributed by atoms with Crippen molar-refractivity contribution in [2.75, 3.05) is 24.7 Å². The van der Waals surface area contributed by atoms with Crippen LogP contribution in [0, 0.1) is 6.92 Å². The van der Waals surface area contributed by atoms with Crippen molar-refractivity contribution in [1.29, 1.82) is 0 Å². The molecule has 16 heavy (non-hydrogen) atoms. The highest BCUT2D eigenvalue weighted by Crippen LogP contribution is 2.24. The van der Waals surface area contributed by atoms with Gasteiger partial charge in [-0.25, -0.2) is 0 Å². The fourth-order valence-corrected chi connectivity index (χ4v) is 2.18. The first-order chi connectivity index (χ1) is 7.65. The largest absolute Gasteiger partial charge is 0.377 e. The number of carbonyl (C=O) groups is 1. The monoisotopic (exact) mass is 223 g/mol. The third-order valence-corrected chi connectivity index (χ3v) is 2.99. The summed E-state index contributed by atoms with van der Waals surface area (Å²) in [6.45, 7) is 6.16. The average Bonchev–Trinajstić information content (AvgIpc) is 2.54. The van der Waals surface area contributed by atoms with Crippen LogP contribution < -0.4 is 4.90 Å². The lowest BCUT2D eigenvalue weighted by Crippen LogP contribution is -2.45. The summed E-state index contributed by atoms with van der Waals surface area (Å²) >= 11 is 0. The van der Waals surface area contributed by atoms with Gasteiger partial charge in [-0.15, -0.1) is 0 Å². The van der Waals surface area contributed by atoms with Gasteiger partial charge in [0.1, 0.15) is 5.82 Å². The van der Waals surface area contributed by atoms with Gasteiger partial charge >= 0.3 is 0 Å². The molecule has 1 aliphatic rings. The second kappa shape index (κ2) is 4.25. The van der Waals surface area contributed by atoms with Crippen LogP contribution in [0.5, 0.6) is 0 Å². The number of aldehydes is 1. The predicted octanol–water partition coefficient (Wildman–Crippen LogP) is 0.766. The van der Waals surface area contributed by atoms with Crippen LogP contribution in [0.1, 0.15) is 23.0 Å². The van der Waals surface area contributed by atoms with Gasteiger partial charge in [0.05, 0.1) is 30.5 Å². The average molecular weight is 223 g/mol. The fourth-order valence-electron chi connectivity index (χ4n) is 2.18. The number of aryl methyl sites for hydroxylation is 2. The maximum atomic E-state index is 11.1. The maximum absolute atomic E-state index is 11.1. The molecule has 1 atom stereocenters. The molecule has 5 nitrogen and oxygen atoms in total. The van der Waals surface area contributed by atoms with Crippen LogP contribution >= 0.6 is 0 Å². The quantitative estimate of drug-likeness (QED) is 0.695. The van der Waals surface area contributed by atoms with Gasteiger partial charge in [-0.1, -0.05) is 0 Å². The highest BCUT2D eigenvalue weighted by Gasteiger charge is 2.25. The molecule has 0 radical (unpaired) electrons. The van der Waals surface area contributed by atoms with E-state index in [1.165, 1.54) is 0 Å². The third kappa shape index (κ3) is 1.71. The summed E-state index contributed by atoms with van der Waals surface area (Å²) in [5, 5.41) is 4.29. The van der Waals surface area contributed by atoms with Gasteiger partial charge in [0.25, 0.3) is 0 Å². The van der Waals surface area contributed by atoms with Crippen molar-refractivity contribution in [3.8, 4) is 0 Å². The van der Waals surface area contributed by atoms with Gasteiger partial charge in [-0.2, -0.15) is 5.10 Å². The summed E-state index contributed by atoms with van der Waals surface area (Å²) in [4.78, 5) is 13.3. The molecule has 1 fully saturated rings. The van der Waals surface area contributed by atoms with Crippen molar-refractivity contribution in [2.45, 2.75) is 19.9 Å². The molecule has 0 bridgehead atoms. The molecule has 1 aromatic rings. The Kier molecular flexibility index (Phi) is 2.96. The molecular weight excluding hydrogens is 206 g/mol. The number of morpholine rings is 1. The summed E-state index contributed by atoms with van der Waals surface area (Å²) in [6.07, 6.45) is 0.889. The van der Waals surface area contributed by atoms with Crippen molar-refractivity contribution < 1.29 is 9.53 Å². The van der Waals surface area contributed by atoms with E-state index >= 15 is 0 Å². The smallest absolute Gasteiger partial charge is 0.155 e. The van der Waals surface area contributed by atoms with E-state index in [0.717, 1.165) is 24.3 Å². The Morgan fingerprint density at radius 1 is 1.56 bits per heavy atom. The van der Waals surface area contributed by atoms with Crippen LogP contribution in [-0.2, 0) is 11.8 Å². The lowest BCUT2D eigenvalue weighted by Gasteiger charge is -2.35. The molecule has 0 spiro atoms. The number of anilines is 1. The zero-order valence-corrected chi connectivity index (χ0v) is 9.93. The van der Waals surface area contributed by atoms with Crippen molar-refractivity contribution in [3.05, 3.63) is 11.3 Å². The zero-order chi connectivity index (χ0) is 11.7. The molecule has 2 rings (SSSR count). The molecule has 1 unspecified atom stereocenters. The van der Waals surface area contributed by atoms with Crippen molar-refractivity contribution in [2.24, 2.45) is 7.05 Å². The third-order valence-electron chi connectivity index (χ3n) is 2.99. The van der Waals surface area contributed by atoms with E-state index in [2.05, 4.69) is 16.9 Å². The zero-order valence-electron chi connectivity index (χ0n) is 9.93. The predicted molar refractivity (Wildman–Crippen MR) is 61.0 cm³/mol. The Morgan fingerprint density at radius 3 is 2.94 bits per heavy atom. The summed E-state index contributed by atoms with van der Waals surface area (Å²) in [7, 11) is 1.87. The Labute approximate surface area is 95.0 Å². The van der Waals surface area contributed by atoms with Gasteiger partial charge < -0.3 is 9.64 Å². The van der Waals surface area contributed by atoms with Crippen molar-refractivity contribution in [3.63, 3.8) is 0 Å². The molecular formula is C11H17N3O2. The minimum atomic E-state index is 0.280. The van der Waals surface area contributed by atoms with E-state index in [-0.39, 0.29) is 6.04 Å². The van der Waals surface area contributed by atoms with E-state index in [1.807, 2.05) is 14.0 Å². The first-order valence-electron chi connectivity index (χ1n) is 5.48. The van der Waals surface area contributed by atoms with Crippen LogP contribution in [0.4, 0.5) is 5.82 Å².